The van der Waals surface area contributed by atoms with Crippen molar-refractivity contribution in [3.05, 3.63) is 24.5 Å². The minimum Gasteiger partial charge on any atom is -0.353 e. The van der Waals surface area contributed by atoms with E-state index in [1.54, 1.807) is 12.5 Å². The molecule has 0 aromatic carbocycles. The van der Waals surface area contributed by atoms with Crippen molar-refractivity contribution in [3.8, 4) is 0 Å². The number of hydrogen-bond donors (Lipinski definition) is 1. The summed E-state index contributed by atoms with van der Waals surface area (Å²) in [6.07, 6.45) is 5.41. The Hall–Kier alpha value is -1.85. The number of rotatable bonds is 4. The van der Waals surface area contributed by atoms with Crippen LogP contribution in [0.25, 0.3) is 0 Å². The van der Waals surface area contributed by atoms with Gasteiger partial charge >= 0.3 is 0 Å². The summed E-state index contributed by atoms with van der Waals surface area (Å²) in [5.74, 6) is 1.77. The number of aromatic nitrogens is 5. The third-order valence-electron chi connectivity index (χ3n) is 2.25. The smallest absolute Gasteiger partial charge is 0.203 e. The molecule has 86 valence electrons. The van der Waals surface area contributed by atoms with Gasteiger partial charge in [-0.25, -0.2) is 4.98 Å². The molecule has 0 saturated carbocycles. The summed E-state index contributed by atoms with van der Waals surface area (Å²) in [5, 5.41) is 11.2. The van der Waals surface area contributed by atoms with E-state index in [1.807, 2.05) is 22.4 Å². The van der Waals surface area contributed by atoms with E-state index in [0.717, 1.165) is 11.8 Å². The largest absolute Gasteiger partial charge is 0.353 e. The van der Waals surface area contributed by atoms with E-state index in [2.05, 4.69) is 34.3 Å². The Bertz CT molecular complexity index is 455. The second-order valence-electron chi connectivity index (χ2n) is 4.04. The van der Waals surface area contributed by atoms with Gasteiger partial charge in [-0.3, -0.25) is 0 Å². The molecule has 2 aromatic rings. The summed E-state index contributed by atoms with van der Waals surface area (Å²) in [4.78, 5) is 4.26. The van der Waals surface area contributed by atoms with Gasteiger partial charge in [0.15, 0.2) is 5.82 Å². The fraction of sp³-hybridized carbons (Fsp3) is 0.500. The van der Waals surface area contributed by atoms with E-state index < -0.39 is 0 Å². The molecule has 1 N–H and O–H groups in total. The van der Waals surface area contributed by atoms with Crippen molar-refractivity contribution < 1.29 is 0 Å². The maximum atomic E-state index is 4.26. The zero-order valence-corrected chi connectivity index (χ0v) is 9.75. The Morgan fingerprint density at radius 1 is 1.44 bits per heavy atom. The van der Waals surface area contributed by atoms with Crippen molar-refractivity contribution in [2.45, 2.75) is 26.4 Å². The zero-order valence-electron chi connectivity index (χ0n) is 9.75. The van der Waals surface area contributed by atoms with E-state index in [-0.39, 0.29) is 0 Å². The van der Waals surface area contributed by atoms with Gasteiger partial charge in [0.1, 0.15) is 6.33 Å². The first-order chi connectivity index (χ1) is 7.66. The van der Waals surface area contributed by atoms with Gasteiger partial charge in [-0.15, -0.1) is 10.2 Å². The highest BCUT2D eigenvalue weighted by molar-refractivity contribution is 5.27. The van der Waals surface area contributed by atoms with Crippen molar-refractivity contribution in [2.24, 2.45) is 7.05 Å². The molecule has 2 heterocycles. The normalized spacial score (nSPS) is 11.0. The van der Waals surface area contributed by atoms with Crippen molar-refractivity contribution >= 4 is 5.95 Å². The average Bonchev–Trinajstić information content (AvgIpc) is 2.78. The molecule has 0 aliphatic rings. The number of imidazole rings is 1. The van der Waals surface area contributed by atoms with E-state index in [9.17, 15) is 0 Å². The molecule has 2 rings (SSSR count). The van der Waals surface area contributed by atoms with E-state index >= 15 is 0 Å². The molecule has 0 saturated heterocycles. The zero-order chi connectivity index (χ0) is 11.5. The van der Waals surface area contributed by atoms with Gasteiger partial charge in [-0.2, -0.15) is 0 Å². The lowest BCUT2D eigenvalue weighted by Crippen LogP contribution is -2.15. The van der Waals surface area contributed by atoms with Crippen LogP contribution in [0.4, 0.5) is 5.95 Å². The van der Waals surface area contributed by atoms with Crippen molar-refractivity contribution in [3.63, 3.8) is 0 Å². The van der Waals surface area contributed by atoms with Gasteiger partial charge in [-0.05, 0) is 13.8 Å². The van der Waals surface area contributed by atoms with Crippen molar-refractivity contribution in [1.82, 2.24) is 24.3 Å². The molecule has 0 spiro atoms. The summed E-state index contributed by atoms with van der Waals surface area (Å²) in [7, 11) is 1.93. The predicted octanol–water partition coefficient (Wildman–Crippen LogP) is 0.880. The molecule has 6 heteroatoms. The molecular formula is C10H16N6. The summed E-state index contributed by atoms with van der Waals surface area (Å²) in [6.45, 7) is 4.84. The maximum Gasteiger partial charge on any atom is 0.203 e. The molecule has 0 atom stereocenters. The lowest BCUT2D eigenvalue weighted by Gasteiger charge is -2.11. The average molecular weight is 220 g/mol. The highest BCUT2D eigenvalue weighted by Crippen LogP contribution is 2.08. The summed E-state index contributed by atoms with van der Waals surface area (Å²) >= 11 is 0. The second kappa shape index (κ2) is 4.34. The fourth-order valence-corrected chi connectivity index (χ4v) is 1.44. The number of nitrogens with zero attached hydrogens (tertiary/aromatic N) is 5. The molecule has 2 aromatic heterocycles. The van der Waals surface area contributed by atoms with Crippen LogP contribution in [0.15, 0.2) is 18.7 Å². The molecule has 0 aliphatic heterocycles. The molecule has 0 aliphatic carbocycles. The molecule has 0 fully saturated rings. The monoisotopic (exact) mass is 220 g/mol. The molecule has 0 unspecified atom stereocenters. The highest BCUT2D eigenvalue weighted by Gasteiger charge is 2.07. The standard InChI is InChI=1S/C10H16N6/c1-8(2)13-10-11-4-5-16(10)6-9-14-12-7-15(9)3/h4-5,7-8H,6H2,1-3H3,(H,11,13). The first-order valence-corrected chi connectivity index (χ1v) is 5.27. The minimum absolute atomic E-state index is 0.362. The first kappa shape index (κ1) is 10.7. The maximum absolute atomic E-state index is 4.26. The Morgan fingerprint density at radius 3 is 2.88 bits per heavy atom. The minimum atomic E-state index is 0.362. The van der Waals surface area contributed by atoms with Crippen LogP contribution in [-0.2, 0) is 13.6 Å². The topological polar surface area (TPSA) is 60.6 Å². The van der Waals surface area contributed by atoms with Gasteiger partial charge in [-0.1, -0.05) is 0 Å². The van der Waals surface area contributed by atoms with Crippen molar-refractivity contribution in [2.75, 3.05) is 5.32 Å². The highest BCUT2D eigenvalue weighted by atomic mass is 15.3. The summed E-state index contributed by atoms with van der Waals surface area (Å²) < 4.78 is 3.92. The van der Waals surface area contributed by atoms with Gasteiger partial charge in [0.25, 0.3) is 0 Å². The van der Waals surface area contributed by atoms with Gasteiger partial charge in [0.05, 0.1) is 6.54 Å². The molecular weight excluding hydrogens is 204 g/mol. The summed E-state index contributed by atoms with van der Waals surface area (Å²) in [5.41, 5.74) is 0. The van der Waals surface area contributed by atoms with E-state index in [0.29, 0.717) is 12.6 Å². The van der Waals surface area contributed by atoms with Crippen LogP contribution in [0, 0.1) is 0 Å². The van der Waals surface area contributed by atoms with Crippen LogP contribution in [-0.4, -0.2) is 30.4 Å². The lowest BCUT2D eigenvalue weighted by molar-refractivity contribution is 0.693. The Kier molecular flexibility index (Phi) is 2.89. The van der Waals surface area contributed by atoms with Crippen LogP contribution in [0.2, 0.25) is 0 Å². The molecule has 0 amide bonds. The Labute approximate surface area is 94.3 Å². The molecule has 6 nitrogen and oxygen atoms in total. The predicted molar refractivity (Wildman–Crippen MR) is 61.1 cm³/mol. The van der Waals surface area contributed by atoms with Crippen LogP contribution >= 0.6 is 0 Å². The van der Waals surface area contributed by atoms with Crippen LogP contribution in [0.3, 0.4) is 0 Å². The van der Waals surface area contributed by atoms with Gasteiger partial charge in [0.2, 0.25) is 5.95 Å². The second-order valence-corrected chi connectivity index (χ2v) is 4.04. The Balaban J connectivity index is 2.16. The van der Waals surface area contributed by atoms with Gasteiger partial charge in [0, 0.05) is 25.5 Å². The van der Waals surface area contributed by atoms with Crippen LogP contribution < -0.4 is 5.32 Å². The molecule has 0 radical (unpaired) electrons. The third kappa shape index (κ3) is 2.21. The number of nitrogens with one attached hydrogen (secondary N) is 1. The molecule has 0 bridgehead atoms. The van der Waals surface area contributed by atoms with Gasteiger partial charge < -0.3 is 14.5 Å². The number of anilines is 1. The molecule has 16 heavy (non-hydrogen) atoms. The fourth-order valence-electron chi connectivity index (χ4n) is 1.44. The van der Waals surface area contributed by atoms with E-state index in [1.165, 1.54) is 0 Å². The Morgan fingerprint density at radius 2 is 2.25 bits per heavy atom. The quantitative estimate of drug-likeness (QED) is 0.831. The number of hydrogen-bond acceptors (Lipinski definition) is 4. The van der Waals surface area contributed by atoms with E-state index in [4.69, 9.17) is 0 Å². The lowest BCUT2D eigenvalue weighted by atomic mass is 10.4. The van der Waals surface area contributed by atoms with Crippen LogP contribution in [0.5, 0.6) is 0 Å². The van der Waals surface area contributed by atoms with Crippen LogP contribution in [0.1, 0.15) is 19.7 Å². The first-order valence-electron chi connectivity index (χ1n) is 5.27. The SMILES string of the molecule is CC(C)Nc1nccn1Cc1nncn1C. The third-order valence-corrected chi connectivity index (χ3v) is 2.25. The number of aryl methyl sites for hydroxylation is 1. The van der Waals surface area contributed by atoms with Crippen molar-refractivity contribution in [1.29, 1.82) is 0 Å². The summed E-state index contributed by atoms with van der Waals surface area (Å²) in [6, 6.07) is 0.362.